The molecule has 0 spiro atoms. The topological polar surface area (TPSA) is 83.1 Å². The lowest BCUT2D eigenvalue weighted by atomic mass is 10.2. The number of fused-ring (bicyclic) bond motifs is 1. The molecule has 0 aliphatic rings. The average molecular weight is 391 g/mol. The number of pyridine rings is 1. The van der Waals surface area contributed by atoms with E-state index in [0.29, 0.717) is 15.5 Å². The van der Waals surface area contributed by atoms with Gasteiger partial charge in [-0.1, -0.05) is 29.8 Å². The maximum atomic E-state index is 12.3. The monoisotopic (exact) mass is 390 g/mol. The minimum absolute atomic E-state index is 0.0456. The zero-order chi connectivity index (χ0) is 17.8. The van der Waals surface area contributed by atoms with Crippen molar-refractivity contribution in [1.82, 2.24) is 21.2 Å². The van der Waals surface area contributed by atoms with Gasteiger partial charge in [0.1, 0.15) is 4.88 Å². The van der Waals surface area contributed by atoms with E-state index in [-0.39, 0.29) is 5.11 Å². The molecule has 2 heterocycles. The highest BCUT2D eigenvalue weighted by Gasteiger charge is 2.18. The maximum absolute atomic E-state index is 12.3. The molecule has 0 fully saturated rings. The Balaban J connectivity index is 1.61. The minimum atomic E-state index is -0.445. The molecular formula is C16H11ClN4O2S2. The van der Waals surface area contributed by atoms with E-state index in [2.05, 4.69) is 21.2 Å². The summed E-state index contributed by atoms with van der Waals surface area (Å²) >= 11 is 12.5. The molecule has 0 radical (unpaired) electrons. The van der Waals surface area contributed by atoms with Gasteiger partial charge >= 0.3 is 0 Å². The standard InChI is InChI=1S/C16H11ClN4O2S2/c17-12-10-5-1-2-6-11(10)25-13(12)15(23)19-16(24)21-20-14(22)9-4-3-7-18-8-9/h1-8H,(H,20,22)(H2,19,21,23,24). The summed E-state index contributed by atoms with van der Waals surface area (Å²) in [6.45, 7) is 0. The summed E-state index contributed by atoms with van der Waals surface area (Å²) in [5.41, 5.74) is 5.21. The van der Waals surface area contributed by atoms with E-state index in [1.165, 1.54) is 17.5 Å². The average Bonchev–Trinajstić information content (AvgIpc) is 2.98. The summed E-state index contributed by atoms with van der Waals surface area (Å²) in [6.07, 6.45) is 2.97. The number of aromatic nitrogens is 1. The van der Waals surface area contributed by atoms with Gasteiger partial charge in [-0.2, -0.15) is 0 Å². The molecule has 2 amide bonds. The molecule has 3 aromatic rings. The van der Waals surface area contributed by atoms with Crippen LogP contribution in [0, 0.1) is 0 Å². The van der Waals surface area contributed by atoms with E-state index in [0.717, 1.165) is 10.1 Å². The molecule has 3 rings (SSSR count). The fourth-order valence-electron chi connectivity index (χ4n) is 2.03. The summed E-state index contributed by atoms with van der Waals surface area (Å²) in [7, 11) is 0. The second kappa shape index (κ2) is 7.56. The van der Waals surface area contributed by atoms with Crippen molar-refractivity contribution >= 4 is 62.2 Å². The van der Waals surface area contributed by atoms with Crippen molar-refractivity contribution < 1.29 is 9.59 Å². The molecule has 0 aliphatic carbocycles. The molecule has 0 unspecified atom stereocenters. The first kappa shape index (κ1) is 17.3. The maximum Gasteiger partial charge on any atom is 0.271 e. The van der Waals surface area contributed by atoms with Crippen LogP contribution in [0.3, 0.4) is 0 Å². The van der Waals surface area contributed by atoms with Crippen LogP contribution >= 0.6 is 35.2 Å². The van der Waals surface area contributed by atoms with Crippen molar-refractivity contribution in [3.8, 4) is 0 Å². The van der Waals surface area contributed by atoms with E-state index in [9.17, 15) is 9.59 Å². The summed E-state index contributed by atoms with van der Waals surface area (Å²) in [4.78, 5) is 28.4. The van der Waals surface area contributed by atoms with Gasteiger partial charge in [-0.25, -0.2) is 0 Å². The molecular weight excluding hydrogens is 380 g/mol. The van der Waals surface area contributed by atoms with Gasteiger partial charge in [-0.05, 0) is 30.4 Å². The predicted octanol–water partition coefficient (Wildman–Crippen LogP) is 2.90. The van der Waals surface area contributed by atoms with Crippen LogP contribution in [0.2, 0.25) is 5.02 Å². The highest BCUT2D eigenvalue weighted by atomic mass is 35.5. The van der Waals surface area contributed by atoms with Crippen LogP contribution in [0.4, 0.5) is 0 Å². The number of thiocarbonyl (C=S) groups is 1. The Labute approximate surface area is 157 Å². The fourth-order valence-corrected chi connectivity index (χ4v) is 3.59. The molecule has 3 N–H and O–H groups in total. The first-order chi connectivity index (χ1) is 12.1. The van der Waals surface area contributed by atoms with Gasteiger partial charge in [-0.3, -0.25) is 30.7 Å². The Kier molecular flexibility index (Phi) is 5.22. The van der Waals surface area contributed by atoms with Gasteiger partial charge < -0.3 is 0 Å². The Bertz CT molecular complexity index is 959. The second-order valence-electron chi connectivity index (χ2n) is 4.85. The lowest BCUT2D eigenvalue weighted by Gasteiger charge is -2.10. The Morgan fingerprint density at radius 3 is 2.60 bits per heavy atom. The normalized spacial score (nSPS) is 10.3. The number of hydrogen-bond donors (Lipinski definition) is 3. The molecule has 6 nitrogen and oxygen atoms in total. The molecule has 25 heavy (non-hydrogen) atoms. The molecule has 126 valence electrons. The van der Waals surface area contributed by atoms with Crippen molar-refractivity contribution in [3.63, 3.8) is 0 Å². The molecule has 0 bridgehead atoms. The summed E-state index contributed by atoms with van der Waals surface area (Å²) in [5.74, 6) is -0.871. The highest BCUT2D eigenvalue weighted by Crippen LogP contribution is 2.34. The van der Waals surface area contributed by atoms with Crippen LogP contribution < -0.4 is 16.2 Å². The van der Waals surface area contributed by atoms with Crippen molar-refractivity contribution in [1.29, 1.82) is 0 Å². The largest absolute Gasteiger partial charge is 0.297 e. The smallest absolute Gasteiger partial charge is 0.271 e. The van der Waals surface area contributed by atoms with Crippen LogP contribution in [-0.2, 0) is 0 Å². The van der Waals surface area contributed by atoms with Crippen molar-refractivity contribution in [3.05, 3.63) is 64.3 Å². The molecule has 2 aromatic heterocycles. The van der Waals surface area contributed by atoms with Gasteiger partial charge in [0.2, 0.25) is 0 Å². The Morgan fingerprint density at radius 2 is 1.88 bits per heavy atom. The molecule has 0 aliphatic heterocycles. The SMILES string of the molecule is O=C(NNC(=S)NC(=O)c1sc2ccccc2c1Cl)c1cccnc1. The van der Waals surface area contributed by atoms with E-state index in [1.807, 2.05) is 24.3 Å². The van der Waals surface area contributed by atoms with Crippen LogP contribution in [-0.4, -0.2) is 21.9 Å². The first-order valence-electron chi connectivity index (χ1n) is 7.05. The third-order valence-corrected chi connectivity index (χ3v) is 5.06. The lowest BCUT2D eigenvalue weighted by molar-refractivity contribution is 0.0935. The highest BCUT2D eigenvalue weighted by molar-refractivity contribution is 7.80. The molecule has 0 saturated heterocycles. The van der Waals surface area contributed by atoms with Crippen LogP contribution in [0.25, 0.3) is 10.1 Å². The Morgan fingerprint density at radius 1 is 1.08 bits per heavy atom. The van der Waals surface area contributed by atoms with Crippen LogP contribution in [0.1, 0.15) is 20.0 Å². The van der Waals surface area contributed by atoms with E-state index >= 15 is 0 Å². The third kappa shape index (κ3) is 3.93. The number of amides is 2. The van der Waals surface area contributed by atoms with E-state index < -0.39 is 11.8 Å². The third-order valence-electron chi connectivity index (χ3n) is 3.18. The number of nitrogens with one attached hydrogen (secondary N) is 3. The number of carbonyl (C=O) groups excluding carboxylic acids is 2. The number of halogens is 1. The number of benzene rings is 1. The zero-order valence-electron chi connectivity index (χ0n) is 12.6. The van der Waals surface area contributed by atoms with Crippen molar-refractivity contribution in [2.75, 3.05) is 0 Å². The van der Waals surface area contributed by atoms with E-state index in [1.54, 1.807) is 18.3 Å². The van der Waals surface area contributed by atoms with E-state index in [4.69, 9.17) is 23.8 Å². The van der Waals surface area contributed by atoms with Crippen LogP contribution in [0.15, 0.2) is 48.8 Å². The zero-order valence-corrected chi connectivity index (χ0v) is 15.0. The van der Waals surface area contributed by atoms with Gasteiger partial charge in [0.25, 0.3) is 11.8 Å². The number of hydrogen-bond acceptors (Lipinski definition) is 5. The quantitative estimate of drug-likeness (QED) is 0.463. The number of hydrazine groups is 1. The fraction of sp³-hybridized carbons (Fsp3) is 0. The van der Waals surface area contributed by atoms with Crippen LogP contribution in [0.5, 0.6) is 0 Å². The molecule has 0 saturated carbocycles. The summed E-state index contributed by atoms with van der Waals surface area (Å²) in [6, 6.07) is 10.7. The molecule has 0 atom stereocenters. The summed E-state index contributed by atoms with van der Waals surface area (Å²) in [5, 5.41) is 3.62. The first-order valence-corrected chi connectivity index (χ1v) is 8.65. The minimum Gasteiger partial charge on any atom is -0.297 e. The lowest BCUT2D eigenvalue weighted by Crippen LogP contribution is -2.48. The van der Waals surface area contributed by atoms with Gasteiger partial charge in [0.15, 0.2) is 5.11 Å². The number of rotatable bonds is 2. The molecule has 9 heteroatoms. The Hall–Kier alpha value is -2.55. The van der Waals surface area contributed by atoms with Gasteiger partial charge in [0, 0.05) is 22.5 Å². The molecule has 1 aromatic carbocycles. The van der Waals surface area contributed by atoms with Crippen molar-refractivity contribution in [2.45, 2.75) is 0 Å². The predicted molar refractivity (Wildman–Crippen MR) is 102 cm³/mol. The summed E-state index contributed by atoms with van der Waals surface area (Å²) < 4.78 is 0.904. The number of nitrogens with zero attached hydrogens (tertiary/aromatic N) is 1. The second-order valence-corrected chi connectivity index (χ2v) is 6.68. The van der Waals surface area contributed by atoms with Gasteiger partial charge in [0.05, 0.1) is 10.6 Å². The number of thiophene rings is 1. The number of carbonyl (C=O) groups is 2. The van der Waals surface area contributed by atoms with Gasteiger partial charge in [-0.15, -0.1) is 11.3 Å². The van der Waals surface area contributed by atoms with Crippen molar-refractivity contribution in [2.24, 2.45) is 0 Å².